The number of hydrogen-bond donors (Lipinski definition) is 2. The summed E-state index contributed by atoms with van der Waals surface area (Å²) in [6, 6.07) is 8.42. The summed E-state index contributed by atoms with van der Waals surface area (Å²) < 4.78 is 0. The second-order valence-corrected chi connectivity index (χ2v) is 4.73. The van der Waals surface area contributed by atoms with Crippen molar-refractivity contribution < 1.29 is 9.63 Å². The number of para-hydroxylation sites is 1. The molecule has 0 radical (unpaired) electrons. The van der Waals surface area contributed by atoms with E-state index in [0.717, 1.165) is 0 Å². The molecule has 0 bridgehead atoms. The molecule has 0 aliphatic rings. The summed E-state index contributed by atoms with van der Waals surface area (Å²) in [6.45, 7) is 4.39. The van der Waals surface area contributed by atoms with Gasteiger partial charge in [-0.15, -0.1) is 0 Å². The van der Waals surface area contributed by atoms with Gasteiger partial charge in [0.15, 0.2) is 0 Å². The number of benzene rings is 1. The maximum Gasteiger partial charge on any atom is 0.275 e. The van der Waals surface area contributed by atoms with Crippen LogP contribution in [0.1, 0.15) is 24.2 Å². The highest BCUT2D eigenvalue weighted by atomic mass is 16.6. The predicted octanol–water partition coefficient (Wildman–Crippen LogP) is 1.85. The van der Waals surface area contributed by atoms with E-state index in [0.29, 0.717) is 29.0 Å². The summed E-state index contributed by atoms with van der Waals surface area (Å²) in [7, 11) is 0. The van der Waals surface area contributed by atoms with E-state index < -0.39 is 5.91 Å². The molecule has 5 nitrogen and oxygen atoms in total. The molecule has 0 saturated heterocycles. The van der Waals surface area contributed by atoms with Crippen molar-refractivity contribution in [2.24, 2.45) is 5.92 Å². The van der Waals surface area contributed by atoms with Crippen LogP contribution in [-0.4, -0.2) is 17.5 Å². The van der Waals surface area contributed by atoms with E-state index in [4.69, 9.17) is 4.84 Å². The number of hydrogen-bond acceptors (Lipinski definition) is 3. The average molecular weight is 260 g/mol. The van der Waals surface area contributed by atoms with Crippen LogP contribution in [0.15, 0.2) is 35.1 Å². The zero-order valence-electron chi connectivity index (χ0n) is 10.9. The fourth-order valence-electron chi connectivity index (χ4n) is 1.72. The van der Waals surface area contributed by atoms with Crippen LogP contribution in [-0.2, 0) is 4.84 Å². The van der Waals surface area contributed by atoms with Gasteiger partial charge in [-0.05, 0) is 12.0 Å². The van der Waals surface area contributed by atoms with Gasteiger partial charge in [0.25, 0.3) is 5.91 Å². The molecule has 2 rings (SSSR count). The summed E-state index contributed by atoms with van der Waals surface area (Å²) in [5, 5.41) is 0.688. The Kier molecular flexibility index (Phi) is 3.97. The SMILES string of the molecule is CC(C)CONC(=O)c1cc(=O)[nH]c2ccccc12. The second-order valence-electron chi connectivity index (χ2n) is 4.73. The number of aromatic amines is 1. The van der Waals surface area contributed by atoms with Gasteiger partial charge in [-0.2, -0.15) is 0 Å². The number of carbonyl (C=O) groups is 1. The zero-order valence-corrected chi connectivity index (χ0v) is 10.9. The van der Waals surface area contributed by atoms with Gasteiger partial charge in [0.2, 0.25) is 5.56 Å². The number of hydroxylamine groups is 1. The monoisotopic (exact) mass is 260 g/mol. The Morgan fingerprint density at radius 3 is 2.84 bits per heavy atom. The Balaban J connectivity index is 2.28. The number of pyridine rings is 1. The molecule has 0 aliphatic carbocycles. The van der Waals surface area contributed by atoms with E-state index in [9.17, 15) is 9.59 Å². The molecule has 100 valence electrons. The highest BCUT2D eigenvalue weighted by molar-refractivity contribution is 6.05. The molecule has 0 saturated carbocycles. The van der Waals surface area contributed by atoms with Crippen LogP contribution in [0.5, 0.6) is 0 Å². The second kappa shape index (κ2) is 5.67. The number of nitrogens with one attached hydrogen (secondary N) is 2. The molecule has 0 spiro atoms. The quantitative estimate of drug-likeness (QED) is 0.824. The lowest BCUT2D eigenvalue weighted by Crippen LogP contribution is -2.27. The van der Waals surface area contributed by atoms with Crippen molar-refractivity contribution in [2.45, 2.75) is 13.8 Å². The van der Waals surface area contributed by atoms with Crippen molar-refractivity contribution in [2.75, 3.05) is 6.61 Å². The van der Waals surface area contributed by atoms with E-state index in [1.54, 1.807) is 18.2 Å². The van der Waals surface area contributed by atoms with Crippen LogP contribution in [0.4, 0.5) is 0 Å². The van der Waals surface area contributed by atoms with E-state index in [1.807, 2.05) is 19.9 Å². The Labute approximate surface area is 110 Å². The summed E-state index contributed by atoms with van der Waals surface area (Å²) in [6.07, 6.45) is 0. The summed E-state index contributed by atoms with van der Waals surface area (Å²) in [5.74, 6) is -0.0980. The molecule has 1 aromatic carbocycles. The minimum absolute atomic E-state index is 0.308. The molecule has 0 fully saturated rings. The van der Waals surface area contributed by atoms with Crippen LogP contribution in [0.3, 0.4) is 0 Å². The number of fused-ring (bicyclic) bond motifs is 1. The average Bonchev–Trinajstić information content (AvgIpc) is 2.37. The lowest BCUT2D eigenvalue weighted by Gasteiger charge is -2.09. The first-order valence-electron chi connectivity index (χ1n) is 6.12. The molecule has 0 aliphatic heterocycles. The molecule has 0 unspecified atom stereocenters. The van der Waals surface area contributed by atoms with Crippen LogP contribution < -0.4 is 11.0 Å². The highest BCUT2D eigenvalue weighted by Crippen LogP contribution is 2.14. The standard InChI is InChI=1S/C14H16N2O3/c1-9(2)8-19-16-14(18)11-7-13(17)15-12-6-4-3-5-10(11)12/h3-7,9H,8H2,1-2H3,(H,15,17)(H,16,18). The first-order chi connectivity index (χ1) is 9.08. The predicted molar refractivity (Wildman–Crippen MR) is 72.8 cm³/mol. The van der Waals surface area contributed by atoms with Gasteiger partial charge in [-0.1, -0.05) is 32.0 Å². The summed E-state index contributed by atoms with van der Waals surface area (Å²) >= 11 is 0. The minimum Gasteiger partial charge on any atom is -0.322 e. The summed E-state index contributed by atoms with van der Waals surface area (Å²) in [5.41, 5.74) is 2.98. The molecule has 1 aromatic heterocycles. The zero-order chi connectivity index (χ0) is 13.8. The fourth-order valence-corrected chi connectivity index (χ4v) is 1.72. The smallest absolute Gasteiger partial charge is 0.275 e. The van der Waals surface area contributed by atoms with Gasteiger partial charge < -0.3 is 4.98 Å². The first-order valence-corrected chi connectivity index (χ1v) is 6.12. The Hall–Kier alpha value is -2.14. The molecular weight excluding hydrogens is 244 g/mol. The Morgan fingerprint density at radius 2 is 2.11 bits per heavy atom. The minimum atomic E-state index is -0.414. The molecule has 1 heterocycles. The van der Waals surface area contributed by atoms with Gasteiger partial charge >= 0.3 is 0 Å². The normalized spacial score (nSPS) is 10.9. The molecule has 5 heteroatoms. The highest BCUT2D eigenvalue weighted by Gasteiger charge is 2.11. The van der Waals surface area contributed by atoms with Crippen LogP contribution in [0, 0.1) is 5.92 Å². The Bertz CT molecular complexity index is 646. The van der Waals surface area contributed by atoms with E-state index >= 15 is 0 Å². The van der Waals surface area contributed by atoms with Crippen LogP contribution in [0.25, 0.3) is 10.9 Å². The van der Waals surface area contributed by atoms with E-state index in [-0.39, 0.29) is 5.56 Å². The van der Waals surface area contributed by atoms with E-state index in [2.05, 4.69) is 10.5 Å². The fraction of sp³-hybridized carbons (Fsp3) is 0.286. The molecule has 2 N–H and O–H groups in total. The van der Waals surface area contributed by atoms with Gasteiger partial charge in [0.1, 0.15) is 0 Å². The van der Waals surface area contributed by atoms with Crippen LogP contribution >= 0.6 is 0 Å². The Morgan fingerprint density at radius 1 is 1.37 bits per heavy atom. The van der Waals surface area contributed by atoms with Crippen molar-refractivity contribution in [3.63, 3.8) is 0 Å². The lowest BCUT2D eigenvalue weighted by molar-refractivity contribution is 0.0210. The van der Waals surface area contributed by atoms with Crippen molar-refractivity contribution in [3.8, 4) is 0 Å². The molecule has 1 amide bonds. The third-order valence-electron chi connectivity index (χ3n) is 2.58. The number of carbonyl (C=O) groups excluding carboxylic acids is 1. The van der Waals surface area contributed by atoms with Crippen molar-refractivity contribution in [1.29, 1.82) is 0 Å². The van der Waals surface area contributed by atoms with Gasteiger partial charge in [-0.3, -0.25) is 14.4 Å². The van der Waals surface area contributed by atoms with Crippen molar-refractivity contribution >= 4 is 16.8 Å². The maximum absolute atomic E-state index is 12.0. The number of amides is 1. The largest absolute Gasteiger partial charge is 0.322 e. The lowest BCUT2D eigenvalue weighted by atomic mass is 10.1. The van der Waals surface area contributed by atoms with Crippen molar-refractivity contribution in [1.82, 2.24) is 10.5 Å². The van der Waals surface area contributed by atoms with Gasteiger partial charge in [0, 0.05) is 17.0 Å². The number of aromatic nitrogens is 1. The molecule has 0 atom stereocenters. The van der Waals surface area contributed by atoms with Crippen LogP contribution in [0.2, 0.25) is 0 Å². The van der Waals surface area contributed by atoms with E-state index in [1.165, 1.54) is 6.07 Å². The third-order valence-corrected chi connectivity index (χ3v) is 2.58. The van der Waals surface area contributed by atoms with Gasteiger partial charge in [0.05, 0.1) is 12.2 Å². The number of H-pyrrole nitrogens is 1. The first kappa shape index (κ1) is 13.3. The summed E-state index contributed by atoms with van der Waals surface area (Å²) in [4.78, 5) is 31.3. The number of rotatable bonds is 4. The molecular formula is C14H16N2O3. The van der Waals surface area contributed by atoms with Gasteiger partial charge in [-0.25, -0.2) is 5.48 Å². The van der Waals surface area contributed by atoms with Crippen molar-refractivity contribution in [3.05, 3.63) is 46.2 Å². The maximum atomic E-state index is 12.0. The molecule has 19 heavy (non-hydrogen) atoms. The third kappa shape index (κ3) is 3.20. The topological polar surface area (TPSA) is 71.2 Å². The molecule has 2 aromatic rings.